The van der Waals surface area contributed by atoms with E-state index in [1.165, 1.54) is 0 Å². The number of benzene rings is 1. The van der Waals surface area contributed by atoms with Gasteiger partial charge in [0.15, 0.2) is 0 Å². The highest BCUT2D eigenvalue weighted by Gasteiger charge is 2.17. The number of aliphatic hydroxyl groups excluding tert-OH is 1. The highest BCUT2D eigenvalue weighted by molar-refractivity contribution is 6.30. The molecule has 0 spiro atoms. The van der Waals surface area contributed by atoms with E-state index in [0.717, 1.165) is 24.8 Å². The topological polar surface area (TPSA) is 29.5 Å². The molecule has 1 unspecified atom stereocenters. The maximum Gasteiger partial charge on any atom is 0.126 e. The van der Waals surface area contributed by atoms with Gasteiger partial charge in [0.05, 0.1) is 13.2 Å². The first-order valence-electron chi connectivity index (χ1n) is 6.13. The van der Waals surface area contributed by atoms with Gasteiger partial charge in [-0.3, -0.25) is 0 Å². The molecule has 96 valence electrons. The summed E-state index contributed by atoms with van der Waals surface area (Å²) in [6, 6.07) is 5.37. The molecule has 2 nitrogen and oxygen atoms in total. The average Bonchev–Trinajstić information content (AvgIpc) is 2.35. The SMILES string of the molecule is CCC(CC)CC(O)c1ccc(Cl)cc1OC. The van der Waals surface area contributed by atoms with E-state index in [1.54, 1.807) is 19.2 Å². The first-order valence-corrected chi connectivity index (χ1v) is 6.51. The summed E-state index contributed by atoms with van der Waals surface area (Å²) in [6.45, 7) is 4.31. The highest BCUT2D eigenvalue weighted by Crippen LogP contribution is 2.32. The van der Waals surface area contributed by atoms with Crippen LogP contribution in [0.5, 0.6) is 5.75 Å². The van der Waals surface area contributed by atoms with Gasteiger partial charge in [-0.05, 0) is 24.5 Å². The Kier molecular flexibility index (Phi) is 5.79. The number of hydrogen-bond donors (Lipinski definition) is 1. The zero-order chi connectivity index (χ0) is 12.8. The van der Waals surface area contributed by atoms with E-state index in [1.807, 2.05) is 6.07 Å². The minimum absolute atomic E-state index is 0.480. The quantitative estimate of drug-likeness (QED) is 0.826. The van der Waals surface area contributed by atoms with Gasteiger partial charge in [-0.1, -0.05) is 44.4 Å². The van der Waals surface area contributed by atoms with Crippen LogP contribution in [0.4, 0.5) is 0 Å². The van der Waals surface area contributed by atoms with Crippen molar-refractivity contribution in [2.45, 2.75) is 39.2 Å². The number of methoxy groups -OCH3 is 1. The van der Waals surface area contributed by atoms with Gasteiger partial charge in [0.1, 0.15) is 5.75 Å². The lowest BCUT2D eigenvalue weighted by molar-refractivity contribution is 0.138. The van der Waals surface area contributed by atoms with Gasteiger partial charge in [-0.25, -0.2) is 0 Å². The van der Waals surface area contributed by atoms with Crippen LogP contribution in [0.25, 0.3) is 0 Å². The lowest BCUT2D eigenvalue weighted by Crippen LogP contribution is -2.07. The Morgan fingerprint density at radius 3 is 2.47 bits per heavy atom. The fraction of sp³-hybridized carbons (Fsp3) is 0.571. The molecule has 0 radical (unpaired) electrons. The molecule has 1 aromatic carbocycles. The Morgan fingerprint density at radius 1 is 1.29 bits per heavy atom. The average molecular weight is 257 g/mol. The van der Waals surface area contributed by atoms with Gasteiger partial charge in [0, 0.05) is 10.6 Å². The fourth-order valence-electron chi connectivity index (χ4n) is 2.02. The van der Waals surface area contributed by atoms with Crippen molar-refractivity contribution in [3.8, 4) is 5.75 Å². The summed E-state index contributed by atoms with van der Waals surface area (Å²) in [6.07, 6.45) is 2.46. The second-order valence-corrected chi connectivity index (χ2v) is 4.76. The zero-order valence-electron chi connectivity index (χ0n) is 10.7. The van der Waals surface area contributed by atoms with Gasteiger partial charge in [-0.15, -0.1) is 0 Å². The molecule has 0 saturated carbocycles. The summed E-state index contributed by atoms with van der Waals surface area (Å²) in [7, 11) is 1.60. The molecular formula is C14H21ClO2. The van der Waals surface area contributed by atoms with Crippen molar-refractivity contribution >= 4 is 11.6 Å². The number of rotatable bonds is 6. The third kappa shape index (κ3) is 3.90. The van der Waals surface area contributed by atoms with Crippen LogP contribution in [-0.4, -0.2) is 12.2 Å². The molecular weight excluding hydrogens is 236 g/mol. The molecule has 0 fully saturated rings. The fourth-order valence-corrected chi connectivity index (χ4v) is 2.19. The maximum atomic E-state index is 10.2. The number of aliphatic hydroxyl groups is 1. The third-order valence-corrected chi connectivity index (χ3v) is 3.50. The van der Waals surface area contributed by atoms with Gasteiger partial charge in [0.2, 0.25) is 0 Å². The summed E-state index contributed by atoms with van der Waals surface area (Å²) < 4.78 is 5.25. The van der Waals surface area contributed by atoms with E-state index < -0.39 is 6.10 Å². The van der Waals surface area contributed by atoms with Crippen molar-refractivity contribution in [3.05, 3.63) is 28.8 Å². The molecule has 0 aromatic heterocycles. The zero-order valence-corrected chi connectivity index (χ0v) is 11.5. The molecule has 0 bridgehead atoms. The molecule has 1 atom stereocenters. The number of ether oxygens (including phenoxy) is 1. The van der Waals surface area contributed by atoms with Gasteiger partial charge >= 0.3 is 0 Å². The Hall–Kier alpha value is -0.730. The van der Waals surface area contributed by atoms with Crippen LogP contribution in [0.2, 0.25) is 5.02 Å². The summed E-state index contributed by atoms with van der Waals surface area (Å²) >= 11 is 5.90. The van der Waals surface area contributed by atoms with Crippen LogP contribution in [0, 0.1) is 5.92 Å². The lowest BCUT2D eigenvalue weighted by Gasteiger charge is -2.19. The molecule has 0 aliphatic carbocycles. The third-order valence-electron chi connectivity index (χ3n) is 3.27. The lowest BCUT2D eigenvalue weighted by atomic mass is 9.92. The van der Waals surface area contributed by atoms with Crippen LogP contribution in [0.15, 0.2) is 18.2 Å². The predicted molar refractivity (Wildman–Crippen MR) is 71.7 cm³/mol. The van der Waals surface area contributed by atoms with E-state index in [4.69, 9.17) is 16.3 Å². The maximum absolute atomic E-state index is 10.2. The van der Waals surface area contributed by atoms with Crippen molar-refractivity contribution in [2.24, 2.45) is 5.92 Å². The Labute approximate surface area is 109 Å². The normalized spacial score (nSPS) is 12.8. The first-order chi connectivity index (χ1) is 8.12. The molecule has 1 rings (SSSR count). The van der Waals surface area contributed by atoms with E-state index in [-0.39, 0.29) is 0 Å². The van der Waals surface area contributed by atoms with Crippen molar-refractivity contribution < 1.29 is 9.84 Å². The largest absolute Gasteiger partial charge is 0.496 e. The highest BCUT2D eigenvalue weighted by atomic mass is 35.5. The molecule has 0 aliphatic rings. The van der Waals surface area contributed by atoms with Crippen LogP contribution < -0.4 is 4.74 Å². The molecule has 17 heavy (non-hydrogen) atoms. The second-order valence-electron chi connectivity index (χ2n) is 4.32. The van der Waals surface area contributed by atoms with Crippen LogP contribution in [0.1, 0.15) is 44.8 Å². The van der Waals surface area contributed by atoms with Crippen LogP contribution >= 0.6 is 11.6 Å². The number of halogens is 1. The van der Waals surface area contributed by atoms with E-state index in [2.05, 4.69) is 13.8 Å². The minimum Gasteiger partial charge on any atom is -0.496 e. The molecule has 0 heterocycles. The summed E-state index contributed by atoms with van der Waals surface area (Å²) in [5, 5.41) is 10.9. The summed E-state index contributed by atoms with van der Waals surface area (Å²) in [5.41, 5.74) is 0.823. The molecule has 1 aromatic rings. The summed E-state index contributed by atoms with van der Waals surface area (Å²) in [4.78, 5) is 0. The van der Waals surface area contributed by atoms with E-state index >= 15 is 0 Å². The smallest absolute Gasteiger partial charge is 0.126 e. The molecule has 0 saturated heterocycles. The van der Waals surface area contributed by atoms with Crippen molar-refractivity contribution in [3.63, 3.8) is 0 Å². The number of hydrogen-bond acceptors (Lipinski definition) is 2. The Morgan fingerprint density at radius 2 is 1.94 bits per heavy atom. The standard InChI is InChI=1S/C14H21ClO2/c1-4-10(5-2)8-13(16)12-7-6-11(15)9-14(12)17-3/h6-7,9-10,13,16H,4-5,8H2,1-3H3. The predicted octanol–water partition coefficient (Wildman–Crippen LogP) is 4.21. The van der Waals surface area contributed by atoms with Crippen LogP contribution in [0.3, 0.4) is 0 Å². The molecule has 1 N–H and O–H groups in total. The van der Waals surface area contributed by atoms with E-state index in [9.17, 15) is 5.11 Å². The molecule has 0 aliphatic heterocycles. The van der Waals surface area contributed by atoms with Crippen molar-refractivity contribution in [2.75, 3.05) is 7.11 Å². The minimum atomic E-state index is -0.480. The Bertz CT molecular complexity index is 348. The van der Waals surface area contributed by atoms with Gasteiger partial charge in [0.25, 0.3) is 0 Å². The van der Waals surface area contributed by atoms with Crippen molar-refractivity contribution in [1.29, 1.82) is 0 Å². The van der Waals surface area contributed by atoms with E-state index in [0.29, 0.717) is 16.7 Å². The van der Waals surface area contributed by atoms with Gasteiger partial charge in [-0.2, -0.15) is 0 Å². The first kappa shape index (κ1) is 14.3. The molecule has 3 heteroatoms. The second kappa shape index (κ2) is 6.87. The Balaban J connectivity index is 2.84. The summed E-state index contributed by atoms with van der Waals surface area (Å²) in [5.74, 6) is 1.21. The molecule has 0 amide bonds. The van der Waals surface area contributed by atoms with Gasteiger partial charge < -0.3 is 9.84 Å². The van der Waals surface area contributed by atoms with Crippen LogP contribution in [-0.2, 0) is 0 Å². The van der Waals surface area contributed by atoms with Crippen molar-refractivity contribution in [1.82, 2.24) is 0 Å². The monoisotopic (exact) mass is 256 g/mol.